The van der Waals surface area contributed by atoms with Gasteiger partial charge in [0, 0.05) is 32.3 Å². The van der Waals surface area contributed by atoms with Gasteiger partial charge in [0.1, 0.15) is 5.82 Å². The third-order valence-electron chi connectivity index (χ3n) is 2.60. The van der Waals surface area contributed by atoms with Crippen LogP contribution in [0.3, 0.4) is 0 Å². The molecule has 3 aromatic rings. The van der Waals surface area contributed by atoms with Gasteiger partial charge < -0.3 is 5.32 Å². The van der Waals surface area contributed by atoms with Gasteiger partial charge in [-0.25, -0.2) is 4.98 Å². The van der Waals surface area contributed by atoms with Gasteiger partial charge in [0.2, 0.25) is 0 Å². The second-order valence-corrected chi connectivity index (χ2v) is 5.56. The number of fused-ring (bicyclic) bond motifs is 1. The van der Waals surface area contributed by atoms with Crippen molar-refractivity contribution in [2.75, 3.05) is 5.32 Å². The fourth-order valence-electron chi connectivity index (χ4n) is 1.76. The minimum atomic E-state index is 0.676. The van der Waals surface area contributed by atoms with Crippen LogP contribution < -0.4 is 5.32 Å². The molecule has 0 spiro atoms. The van der Waals surface area contributed by atoms with E-state index in [0.717, 1.165) is 21.4 Å². The number of rotatable bonds is 3. The van der Waals surface area contributed by atoms with E-state index < -0.39 is 0 Å². The van der Waals surface area contributed by atoms with E-state index in [4.69, 9.17) is 0 Å². The Morgan fingerprint density at radius 1 is 1.17 bits per heavy atom. The third-order valence-corrected chi connectivity index (χ3v) is 4.48. The van der Waals surface area contributed by atoms with Crippen LogP contribution in [0.15, 0.2) is 46.5 Å². The number of nitrogens with zero attached hydrogens (tertiary/aromatic N) is 2. The first-order valence-electron chi connectivity index (χ1n) is 5.50. The molecule has 0 aromatic carbocycles. The van der Waals surface area contributed by atoms with Crippen molar-refractivity contribution in [3.63, 3.8) is 0 Å². The molecule has 0 atom stereocenters. The molecular formula is C13H10BrN3S. The van der Waals surface area contributed by atoms with Crippen LogP contribution in [-0.2, 0) is 6.54 Å². The van der Waals surface area contributed by atoms with Gasteiger partial charge in [-0.2, -0.15) is 0 Å². The predicted octanol–water partition coefficient (Wildman–Crippen LogP) is 4.07. The zero-order valence-corrected chi connectivity index (χ0v) is 11.8. The Balaban J connectivity index is 1.89. The average Bonchev–Trinajstić information content (AvgIpc) is 2.80. The summed E-state index contributed by atoms with van der Waals surface area (Å²) in [5, 5.41) is 6.55. The van der Waals surface area contributed by atoms with Gasteiger partial charge in [-0.3, -0.25) is 4.98 Å². The number of thiophene rings is 1. The molecule has 18 heavy (non-hydrogen) atoms. The summed E-state index contributed by atoms with van der Waals surface area (Å²) >= 11 is 5.27. The first-order valence-corrected chi connectivity index (χ1v) is 7.17. The Hall–Kier alpha value is -1.46. The number of hydrogen-bond acceptors (Lipinski definition) is 4. The lowest BCUT2D eigenvalue weighted by molar-refractivity contribution is 1.03. The minimum absolute atomic E-state index is 0.676. The van der Waals surface area contributed by atoms with Crippen molar-refractivity contribution in [2.45, 2.75) is 6.54 Å². The van der Waals surface area contributed by atoms with Crippen LogP contribution >= 0.6 is 27.3 Å². The number of pyridine rings is 2. The number of nitrogens with one attached hydrogen (secondary N) is 1. The highest BCUT2D eigenvalue weighted by molar-refractivity contribution is 9.10. The van der Waals surface area contributed by atoms with E-state index in [-0.39, 0.29) is 0 Å². The van der Waals surface area contributed by atoms with Crippen LogP contribution in [0.4, 0.5) is 5.82 Å². The molecule has 0 amide bonds. The summed E-state index contributed by atoms with van der Waals surface area (Å²) in [5.41, 5.74) is 1.00. The highest BCUT2D eigenvalue weighted by atomic mass is 79.9. The summed E-state index contributed by atoms with van der Waals surface area (Å²) in [6.45, 7) is 0.676. The highest BCUT2D eigenvalue weighted by Gasteiger charge is 2.07. The van der Waals surface area contributed by atoms with E-state index in [1.54, 1.807) is 17.5 Å². The lowest BCUT2D eigenvalue weighted by Crippen LogP contribution is -2.02. The molecule has 0 aliphatic carbocycles. The van der Waals surface area contributed by atoms with Crippen LogP contribution in [0.5, 0.6) is 0 Å². The van der Waals surface area contributed by atoms with Crippen molar-refractivity contribution in [2.24, 2.45) is 0 Å². The molecule has 3 heterocycles. The molecule has 0 aliphatic heterocycles. The van der Waals surface area contributed by atoms with Gasteiger partial charge in [0.15, 0.2) is 0 Å². The van der Waals surface area contributed by atoms with Crippen LogP contribution in [0, 0.1) is 0 Å². The molecular weight excluding hydrogens is 310 g/mol. The topological polar surface area (TPSA) is 37.8 Å². The van der Waals surface area contributed by atoms with Crippen LogP contribution in [0.2, 0.25) is 0 Å². The minimum Gasteiger partial charge on any atom is -0.364 e. The zero-order valence-electron chi connectivity index (χ0n) is 9.43. The predicted molar refractivity (Wildman–Crippen MR) is 78.9 cm³/mol. The summed E-state index contributed by atoms with van der Waals surface area (Å²) in [7, 11) is 0. The molecule has 0 bridgehead atoms. The van der Waals surface area contributed by atoms with E-state index in [1.807, 2.05) is 30.5 Å². The Bertz CT molecular complexity index is 666. The molecule has 0 saturated carbocycles. The highest BCUT2D eigenvalue weighted by Crippen LogP contribution is 2.34. The van der Waals surface area contributed by atoms with Crippen LogP contribution in [0.1, 0.15) is 5.69 Å². The monoisotopic (exact) mass is 319 g/mol. The molecule has 3 rings (SSSR count). The molecule has 3 aromatic heterocycles. The van der Waals surface area contributed by atoms with Gasteiger partial charge in [-0.15, -0.1) is 11.3 Å². The van der Waals surface area contributed by atoms with Gasteiger partial charge >= 0.3 is 0 Å². The maximum Gasteiger partial charge on any atom is 0.136 e. The number of anilines is 1. The van der Waals surface area contributed by atoms with Crippen molar-refractivity contribution in [3.8, 4) is 0 Å². The largest absolute Gasteiger partial charge is 0.364 e. The summed E-state index contributed by atoms with van der Waals surface area (Å²) in [5.74, 6) is 0.895. The molecule has 5 heteroatoms. The van der Waals surface area contributed by atoms with Crippen LogP contribution in [0.25, 0.3) is 10.1 Å². The Morgan fingerprint density at radius 3 is 2.94 bits per heavy atom. The first kappa shape index (κ1) is 11.6. The summed E-state index contributed by atoms with van der Waals surface area (Å²) < 4.78 is 2.31. The standard InChI is InChI=1S/C13H10BrN3S/c14-10-8-18-11-4-6-16-13(12(10)11)17-7-9-3-1-2-5-15-9/h1-6,8H,7H2,(H,16,17). The first-order chi connectivity index (χ1) is 8.84. The van der Waals surface area contributed by atoms with Crippen molar-refractivity contribution < 1.29 is 0 Å². The van der Waals surface area contributed by atoms with Gasteiger partial charge in [0.25, 0.3) is 0 Å². The maximum atomic E-state index is 4.39. The molecule has 0 radical (unpaired) electrons. The lowest BCUT2D eigenvalue weighted by atomic mass is 10.3. The van der Waals surface area contributed by atoms with Crippen molar-refractivity contribution in [1.82, 2.24) is 9.97 Å². The van der Waals surface area contributed by atoms with Gasteiger partial charge in [-0.05, 0) is 34.1 Å². The Kier molecular flexibility index (Phi) is 3.25. The SMILES string of the molecule is Brc1csc2ccnc(NCc3ccccn3)c12. The summed E-state index contributed by atoms with van der Waals surface area (Å²) in [6, 6.07) is 7.92. The second kappa shape index (κ2) is 5.04. The van der Waals surface area contributed by atoms with E-state index in [2.05, 4.69) is 36.6 Å². The zero-order chi connectivity index (χ0) is 12.4. The average molecular weight is 320 g/mol. The fraction of sp³-hybridized carbons (Fsp3) is 0.0769. The molecule has 1 N–H and O–H groups in total. The van der Waals surface area contributed by atoms with Gasteiger partial charge in [-0.1, -0.05) is 6.07 Å². The van der Waals surface area contributed by atoms with E-state index >= 15 is 0 Å². The number of aromatic nitrogens is 2. The summed E-state index contributed by atoms with van der Waals surface area (Å²) in [4.78, 5) is 8.68. The second-order valence-electron chi connectivity index (χ2n) is 3.79. The quantitative estimate of drug-likeness (QED) is 0.790. The molecule has 3 nitrogen and oxygen atoms in total. The number of halogens is 1. The van der Waals surface area contributed by atoms with Crippen molar-refractivity contribution in [1.29, 1.82) is 0 Å². The van der Waals surface area contributed by atoms with E-state index in [9.17, 15) is 0 Å². The summed E-state index contributed by atoms with van der Waals surface area (Å²) in [6.07, 6.45) is 3.62. The molecule has 90 valence electrons. The lowest BCUT2D eigenvalue weighted by Gasteiger charge is -2.06. The van der Waals surface area contributed by atoms with Crippen LogP contribution in [-0.4, -0.2) is 9.97 Å². The van der Waals surface area contributed by atoms with E-state index in [1.165, 1.54) is 4.70 Å². The van der Waals surface area contributed by atoms with Crippen molar-refractivity contribution in [3.05, 3.63) is 52.2 Å². The molecule has 0 saturated heterocycles. The fourth-order valence-corrected chi connectivity index (χ4v) is 3.38. The Morgan fingerprint density at radius 2 is 2.11 bits per heavy atom. The molecule has 0 unspecified atom stereocenters. The maximum absolute atomic E-state index is 4.39. The van der Waals surface area contributed by atoms with Gasteiger partial charge in [0.05, 0.1) is 12.2 Å². The molecule has 0 fully saturated rings. The molecule has 0 aliphatic rings. The third kappa shape index (κ3) is 2.23. The van der Waals surface area contributed by atoms with E-state index in [0.29, 0.717) is 6.54 Å². The number of hydrogen-bond donors (Lipinski definition) is 1. The van der Waals surface area contributed by atoms with Crippen molar-refractivity contribution >= 4 is 43.2 Å². The Labute approximate surface area is 117 Å². The normalized spacial score (nSPS) is 10.7. The smallest absolute Gasteiger partial charge is 0.136 e.